The van der Waals surface area contributed by atoms with E-state index in [0.29, 0.717) is 5.75 Å². The van der Waals surface area contributed by atoms with Gasteiger partial charge in [0.2, 0.25) is 0 Å². The standard InChI is InChI=1S/C11H11ClO4S2/c1-3-6-17-10-8(18(2,15)16)5-4-7(9(10)12)11(13)14/h3-5H,1,6H2,2H3,(H,13,14). The Labute approximate surface area is 115 Å². The molecule has 7 heteroatoms. The summed E-state index contributed by atoms with van der Waals surface area (Å²) in [6.07, 6.45) is 2.64. The maximum Gasteiger partial charge on any atom is 0.337 e. The van der Waals surface area contributed by atoms with E-state index < -0.39 is 15.8 Å². The Bertz CT molecular complexity index is 593. The van der Waals surface area contributed by atoms with Crippen LogP contribution in [0, 0.1) is 0 Å². The van der Waals surface area contributed by atoms with Crippen LogP contribution >= 0.6 is 23.4 Å². The minimum Gasteiger partial charge on any atom is -0.478 e. The molecule has 0 radical (unpaired) electrons. The van der Waals surface area contributed by atoms with Gasteiger partial charge in [-0.05, 0) is 12.1 Å². The quantitative estimate of drug-likeness (QED) is 0.669. The second-order valence-corrected chi connectivity index (χ2v) is 6.82. The molecule has 1 aromatic rings. The van der Waals surface area contributed by atoms with Gasteiger partial charge >= 0.3 is 5.97 Å². The first-order chi connectivity index (χ1) is 8.29. The molecular weight excluding hydrogens is 296 g/mol. The number of halogens is 1. The summed E-state index contributed by atoms with van der Waals surface area (Å²) in [7, 11) is -3.46. The Balaban J connectivity index is 3.51. The molecule has 18 heavy (non-hydrogen) atoms. The van der Waals surface area contributed by atoms with Crippen LogP contribution in [-0.4, -0.2) is 31.5 Å². The highest BCUT2D eigenvalue weighted by atomic mass is 35.5. The Kier molecular flexibility index (Phi) is 4.84. The number of benzene rings is 1. The molecule has 0 aromatic heterocycles. The average Bonchev–Trinajstić information content (AvgIpc) is 2.25. The van der Waals surface area contributed by atoms with Gasteiger partial charge in [0.05, 0.1) is 15.5 Å². The third-order valence-corrected chi connectivity index (χ3v) is 4.92. The zero-order valence-electron chi connectivity index (χ0n) is 9.51. The Hall–Kier alpha value is -0.980. The minimum absolute atomic E-state index is 0.0318. The number of hydrogen-bond acceptors (Lipinski definition) is 4. The van der Waals surface area contributed by atoms with Gasteiger partial charge < -0.3 is 5.11 Å². The van der Waals surface area contributed by atoms with Gasteiger partial charge in [-0.2, -0.15) is 0 Å². The lowest BCUT2D eigenvalue weighted by molar-refractivity contribution is 0.0696. The van der Waals surface area contributed by atoms with Crippen molar-refractivity contribution in [2.45, 2.75) is 9.79 Å². The molecule has 0 aliphatic rings. The third-order valence-electron chi connectivity index (χ3n) is 2.04. The van der Waals surface area contributed by atoms with Crippen LogP contribution in [0.3, 0.4) is 0 Å². The summed E-state index contributed by atoms with van der Waals surface area (Å²) >= 11 is 7.09. The van der Waals surface area contributed by atoms with Crippen molar-refractivity contribution in [2.75, 3.05) is 12.0 Å². The molecule has 0 bridgehead atoms. The van der Waals surface area contributed by atoms with Gasteiger partial charge in [-0.1, -0.05) is 17.7 Å². The fourth-order valence-electron chi connectivity index (χ4n) is 1.27. The van der Waals surface area contributed by atoms with Crippen LogP contribution in [0.25, 0.3) is 0 Å². The SMILES string of the molecule is C=CCSc1c(S(C)(=O)=O)ccc(C(=O)O)c1Cl. The second kappa shape index (κ2) is 5.77. The van der Waals surface area contributed by atoms with Crippen molar-refractivity contribution < 1.29 is 18.3 Å². The largest absolute Gasteiger partial charge is 0.478 e. The smallest absolute Gasteiger partial charge is 0.337 e. The van der Waals surface area contributed by atoms with E-state index in [2.05, 4.69) is 6.58 Å². The lowest BCUT2D eigenvalue weighted by atomic mass is 10.2. The first kappa shape index (κ1) is 15.1. The number of thioether (sulfide) groups is 1. The van der Waals surface area contributed by atoms with Crippen LogP contribution < -0.4 is 0 Å². The summed E-state index contributed by atoms with van der Waals surface area (Å²) in [6, 6.07) is 2.45. The molecule has 0 fully saturated rings. The highest BCUT2D eigenvalue weighted by Crippen LogP contribution is 2.36. The van der Waals surface area contributed by atoms with Crippen molar-refractivity contribution in [3.05, 3.63) is 35.4 Å². The van der Waals surface area contributed by atoms with Crippen molar-refractivity contribution >= 4 is 39.2 Å². The van der Waals surface area contributed by atoms with Gasteiger partial charge in [0.1, 0.15) is 0 Å². The van der Waals surface area contributed by atoms with Gasteiger partial charge in [-0.25, -0.2) is 13.2 Å². The molecule has 0 amide bonds. The minimum atomic E-state index is -3.46. The molecule has 4 nitrogen and oxygen atoms in total. The molecule has 0 heterocycles. The van der Waals surface area contributed by atoms with Crippen LogP contribution in [0.2, 0.25) is 5.02 Å². The van der Waals surface area contributed by atoms with E-state index in [-0.39, 0.29) is 20.4 Å². The van der Waals surface area contributed by atoms with E-state index in [1.807, 2.05) is 0 Å². The van der Waals surface area contributed by atoms with Gasteiger partial charge in [0.25, 0.3) is 0 Å². The molecule has 1 aromatic carbocycles. The van der Waals surface area contributed by atoms with Crippen molar-refractivity contribution in [2.24, 2.45) is 0 Å². The summed E-state index contributed by atoms with van der Waals surface area (Å²) in [5, 5.41) is 8.89. The topological polar surface area (TPSA) is 71.4 Å². The number of aromatic carboxylic acids is 1. The van der Waals surface area contributed by atoms with Gasteiger partial charge in [-0.15, -0.1) is 18.3 Å². The van der Waals surface area contributed by atoms with E-state index >= 15 is 0 Å². The average molecular weight is 307 g/mol. The number of carbonyl (C=O) groups is 1. The van der Waals surface area contributed by atoms with Gasteiger partial charge in [0.15, 0.2) is 9.84 Å². The summed E-state index contributed by atoms with van der Waals surface area (Å²) in [5.74, 6) is -0.758. The summed E-state index contributed by atoms with van der Waals surface area (Å²) in [6.45, 7) is 3.53. The first-order valence-corrected chi connectivity index (χ1v) is 8.04. The zero-order chi connectivity index (χ0) is 13.9. The predicted molar refractivity (Wildman–Crippen MR) is 72.4 cm³/mol. The fourth-order valence-corrected chi connectivity index (χ4v) is 3.85. The molecule has 1 rings (SSSR count). The highest BCUT2D eigenvalue weighted by molar-refractivity contribution is 8.00. The zero-order valence-corrected chi connectivity index (χ0v) is 11.9. The van der Waals surface area contributed by atoms with E-state index in [1.54, 1.807) is 6.08 Å². The fraction of sp³-hybridized carbons (Fsp3) is 0.182. The Morgan fingerprint density at radius 3 is 2.61 bits per heavy atom. The molecule has 0 saturated heterocycles. The number of hydrogen-bond donors (Lipinski definition) is 1. The predicted octanol–water partition coefficient (Wildman–Crippen LogP) is 2.72. The molecule has 0 atom stereocenters. The second-order valence-electron chi connectivity index (χ2n) is 3.43. The number of carboxylic acid groups (broad SMARTS) is 1. The molecule has 0 aliphatic carbocycles. The number of carboxylic acids is 1. The van der Waals surface area contributed by atoms with Crippen LogP contribution in [0.15, 0.2) is 34.6 Å². The van der Waals surface area contributed by atoms with E-state index in [4.69, 9.17) is 16.7 Å². The molecule has 0 saturated carbocycles. The molecule has 0 unspecified atom stereocenters. The third kappa shape index (κ3) is 3.28. The van der Waals surface area contributed by atoms with Crippen molar-refractivity contribution in [1.29, 1.82) is 0 Å². The summed E-state index contributed by atoms with van der Waals surface area (Å²) in [4.78, 5) is 11.2. The molecule has 0 spiro atoms. The van der Waals surface area contributed by atoms with Gasteiger partial charge in [-0.3, -0.25) is 0 Å². The van der Waals surface area contributed by atoms with Crippen LogP contribution in [0.1, 0.15) is 10.4 Å². The van der Waals surface area contributed by atoms with E-state index in [9.17, 15) is 13.2 Å². The van der Waals surface area contributed by atoms with Crippen LogP contribution in [-0.2, 0) is 9.84 Å². The summed E-state index contributed by atoms with van der Waals surface area (Å²) < 4.78 is 23.2. The normalized spacial score (nSPS) is 11.2. The molecular formula is C11H11ClO4S2. The maximum atomic E-state index is 11.6. The lowest BCUT2D eigenvalue weighted by Gasteiger charge is -2.10. The van der Waals surface area contributed by atoms with Crippen LogP contribution in [0.4, 0.5) is 0 Å². The van der Waals surface area contributed by atoms with E-state index in [0.717, 1.165) is 18.0 Å². The molecule has 0 aliphatic heterocycles. The monoisotopic (exact) mass is 306 g/mol. The van der Waals surface area contributed by atoms with Crippen molar-refractivity contribution in [1.82, 2.24) is 0 Å². The molecule has 98 valence electrons. The Morgan fingerprint density at radius 1 is 1.56 bits per heavy atom. The molecule has 1 N–H and O–H groups in total. The maximum absolute atomic E-state index is 11.6. The first-order valence-electron chi connectivity index (χ1n) is 4.78. The van der Waals surface area contributed by atoms with Crippen molar-refractivity contribution in [3.63, 3.8) is 0 Å². The number of rotatable bonds is 5. The van der Waals surface area contributed by atoms with Crippen LogP contribution in [0.5, 0.6) is 0 Å². The lowest BCUT2D eigenvalue weighted by Crippen LogP contribution is -2.04. The number of sulfone groups is 1. The Morgan fingerprint density at radius 2 is 2.17 bits per heavy atom. The highest BCUT2D eigenvalue weighted by Gasteiger charge is 2.21. The van der Waals surface area contributed by atoms with E-state index in [1.165, 1.54) is 12.1 Å². The van der Waals surface area contributed by atoms with Crippen molar-refractivity contribution in [3.8, 4) is 0 Å². The summed E-state index contributed by atoms with van der Waals surface area (Å²) in [5.41, 5.74) is -0.115. The van der Waals surface area contributed by atoms with Gasteiger partial charge in [0, 0.05) is 16.9 Å².